The van der Waals surface area contributed by atoms with E-state index >= 15 is 0 Å². The summed E-state index contributed by atoms with van der Waals surface area (Å²) in [4.78, 5) is 21.5. The number of nitrogens with zero attached hydrogens (tertiary/aromatic N) is 2. The Morgan fingerprint density at radius 3 is 2.48 bits per heavy atom. The fraction of sp³-hybridized carbons (Fsp3) is 0.389. The van der Waals surface area contributed by atoms with Gasteiger partial charge in [0.2, 0.25) is 11.9 Å². The van der Waals surface area contributed by atoms with Crippen molar-refractivity contribution in [3.8, 4) is 0 Å². The molecule has 0 radical (unpaired) electrons. The molecular weight excluding hydrogens is 306 g/mol. The van der Waals surface area contributed by atoms with Crippen molar-refractivity contribution >= 4 is 23.6 Å². The number of hydrogen-bond acceptors (Lipinski definition) is 4. The highest BCUT2D eigenvalue weighted by atomic mass is 32.2. The second-order valence-electron chi connectivity index (χ2n) is 6.55. The van der Waals surface area contributed by atoms with Crippen LogP contribution in [0.2, 0.25) is 0 Å². The zero-order valence-corrected chi connectivity index (χ0v) is 15.1. The van der Waals surface area contributed by atoms with Crippen LogP contribution in [0.3, 0.4) is 0 Å². The first kappa shape index (κ1) is 17.5. The highest BCUT2D eigenvalue weighted by Crippen LogP contribution is 2.32. The Kier molecular flexibility index (Phi) is 5.42. The Bertz CT molecular complexity index is 680. The highest BCUT2D eigenvalue weighted by molar-refractivity contribution is 8.00. The van der Waals surface area contributed by atoms with Crippen LogP contribution < -0.4 is 5.32 Å². The van der Waals surface area contributed by atoms with E-state index < -0.39 is 0 Å². The molecule has 0 saturated carbocycles. The number of rotatable bonds is 4. The summed E-state index contributed by atoms with van der Waals surface area (Å²) >= 11 is 1.56. The number of hydrogen-bond donors (Lipinski definition) is 1. The van der Waals surface area contributed by atoms with Gasteiger partial charge in [0.1, 0.15) is 0 Å². The summed E-state index contributed by atoms with van der Waals surface area (Å²) in [6, 6.07) is 8.17. The van der Waals surface area contributed by atoms with Gasteiger partial charge in [-0.25, -0.2) is 9.97 Å². The predicted octanol–water partition coefficient (Wildman–Crippen LogP) is 4.20. The number of aromatic nitrogens is 2. The van der Waals surface area contributed by atoms with Gasteiger partial charge < -0.3 is 0 Å². The monoisotopic (exact) mass is 329 g/mol. The molecule has 0 fully saturated rings. The maximum atomic E-state index is 12.3. The molecule has 1 aromatic carbocycles. The standard InChI is InChI=1S/C18H23N3OS/c1-12-7-8-14(18(3,4)5)11-15(12)23-13(2)16(22)21-17-19-9-6-10-20-17/h6-11,13H,1-5H3,(H,19,20,21,22). The molecule has 1 atom stereocenters. The van der Waals surface area contributed by atoms with Crippen molar-refractivity contribution in [1.29, 1.82) is 0 Å². The molecule has 1 amide bonds. The molecule has 0 saturated heterocycles. The summed E-state index contributed by atoms with van der Waals surface area (Å²) in [7, 11) is 0. The van der Waals surface area contributed by atoms with Gasteiger partial charge in [-0.05, 0) is 42.5 Å². The van der Waals surface area contributed by atoms with Crippen LogP contribution in [0.1, 0.15) is 38.8 Å². The summed E-state index contributed by atoms with van der Waals surface area (Å²) in [5.74, 6) is 0.242. The number of aryl methyl sites for hydroxylation is 1. The van der Waals surface area contributed by atoms with Gasteiger partial charge >= 0.3 is 0 Å². The molecule has 0 bridgehead atoms. The van der Waals surface area contributed by atoms with E-state index in [0.717, 1.165) is 4.90 Å². The minimum Gasteiger partial charge on any atom is -0.294 e. The van der Waals surface area contributed by atoms with E-state index in [4.69, 9.17) is 0 Å². The van der Waals surface area contributed by atoms with Crippen LogP contribution in [0.4, 0.5) is 5.95 Å². The smallest absolute Gasteiger partial charge is 0.239 e. The topological polar surface area (TPSA) is 54.9 Å². The third kappa shape index (κ3) is 4.79. The molecule has 1 N–H and O–H groups in total. The highest BCUT2D eigenvalue weighted by Gasteiger charge is 2.19. The van der Waals surface area contributed by atoms with E-state index in [1.54, 1.807) is 30.2 Å². The second-order valence-corrected chi connectivity index (χ2v) is 7.93. The molecule has 0 aliphatic heterocycles. The largest absolute Gasteiger partial charge is 0.294 e. The van der Waals surface area contributed by atoms with Crippen LogP contribution in [-0.4, -0.2) is 21.1 Å². The predicted molar refractivity (Wildman–Crippen MR) is 95.9 cm³/mol. The first-order valence-corrected chi connectivity index (χ1v) is 8.51. The molecule has 0 spiro atoms. The fourth-order valence-electron chi connectivity index (χ4n) is 2.01. The molecule has 0 aliphatic rings. The van der Waals surface area contributed by atoms with Gasteiger partial charge in [0.25, 0.3) is 0 Å². The van der Waals surface area contributed by atoms with E-state index in [0.29, 0.717) is 5.95 Å². The number of carbonyl (C=O) groups is 1. The van der Waals surface area contributed by atoms with Crippen molar-refractivity contribution in [3.63, 3.8) is 0 Å². The van der Waals surface area contributed by atoms with Gasteiger partial charge in [-0.2, -0.15) is 0 Å². The Morgan fingerprint density at radius 1 is 1.22 bits per heavy atom. The lowest BCUT2D eigenvalue weighted by atomic mass is 9.87. The lowest BCUT2D eigenvalue weighted by molar-refractivity contribution is -0.115. The first-order valence-electron chi connectivity index (χ1n) is 7.63. The minimum atomic E-state index is -0.229. The van der Waals surface area contributed by atoms with Gasteiger partial charge in [0.15, 0.2) is 0 Å². The normalized spacial score (nSPS) is 12.7. The van der Waals surface area contributed by atoms with E-state index in [1.165, 1.54) is 11.1 Å². The van der Waals surface area contributed by atoms with Crippen LogP contribution >= 0.6 is 11.8 Å². The van der Waals surface area contributed by atoms with Gasteiger partial charge in [-0.3, -0.25) is 10.1 Å². The van der Waals surface area contributed by atoms with Crippen LogP contribution in [0, 0.1) is 6.92 Å². The van der Waals surface area contributed by atoms with E-state index in [1.807, 2.05) is 6.92 Å². The number of carbonyl (C=O) groups excluding carboxylic acids is 1. The zero-order valence-electron chi connectivity index (χ0n) is 14.3. The summed E-state index contributed by atoms with van der Waals surface area (Å²) in [6.07, 6.45) is 3.22. The molecule has 5 heteroatoms. The molecule has 2 rings (SSSR count). The van der Waals surface area contributed by atoms with Gasteiger partial charge in [-0.1, -0.05) is 32.9 Å². The molecule has 1 aromatic heterocycles. The van der Waals surface area contributed by atoms with Crippen molar-refractivity contribution < 1.29 is 4.79 Å². The van der Waals surface area contributed by atoms with Crippen molar-refractivity contribution in [3.05, 3.63) is 47.8 Å². The van der Waals surface area contributed by atoms with Crippen LogP contribution in [0.15, 0.2) is 41.6 Å². The third-order valence-corrected chi connectivity index (χ3v) is 4.79. The van der Waals surface area contributed by atoms with Gasteiger partial charge in [0, 0.05) is 17.3 Å². The molecular formula is C18H23N3OS. The lowest BCUT2D eigenvalue weighted by Gasteiger charge is -2.21. The Labute approximate surface area is 142 Å². The quantitative estimate of drug-likeness (QED) is 0.854. The third-order valence-electron chi connectivity index (χ3n) is 3.53. The first-order chi connectivity index (χ1) is 10.8. The van der Waals surface area contributed by atoms with Crippen LogP contribution in [-0.2, 0) is 10.2 Å². The number of thioether (sulfide) groups is 1. The van der Waals surface area contributed by atoms with E-state index in [-0.39, 0.29) is 16.6 Å². The van der Waals surface area contributed by atoms with Crippen LogP contribution in [0.5, 0.6) is 0 Å². The van der Waals surface area contributed by atoms with Crippen molar-refractivity contribution in [2.45, 2.75) is 50.2 Å². The molecule has 1 unspecified atom stereocenters. The maximum Gasteiger partial charge on any atom is 0.239 e. The summed E-state index contributed by atoms with van der Waals surface area (Å²) in [5.41, 5.74) is 2.54. The molecule has 2 aromatic rings. The SMILES string of the molecule is Cc1ccc(C(C)(C)C)cc1SC(C)C(=O)Nc1ncccn1. The maximum absolute atomic E-state index is 12.3. The van der Waals surface area contributed by atoms with Gasteiger partial charge in [0.05, 0.1) is 5.25 Å². The zero-order chi connectivity index (χ0) is 17.0. The average Bonchev–Trinajstić information content (AvgIpc) is 2.49. The molecule has 0 aliphatic carbocycles. The number of benzene rings is 1. The Balaban J connectivity index is 2.10. The number of anilines is 1. The Hall–Kier alpha value is -1.88. The van der Waals surface area contributed by atoms with Crippen molar-refractivity contribution in [2.24, 2.45) is 0 Å². The summed E-state index contributed by atoms with van der Waals surface area (Å²) in [6.45, 7) is 10.5. The molecule has 4 nitrogen and oxygen atoms in total. The van der Waals surface area contributed by atoms with E-state index in [2.05, 4.69) is 61.2 Å². The summed E-state index contributed by atoms with van der Waals surface area (Å²) < 4.78 is 0. The molecule has 122 valence electrons. The fourth-order valence-corrected chi connectivity index (χ4v) is 3.01. The van der Waals surface area contributed by atoms with Crippen molar-refractivity contribution in [1.82, 2.24) is 9.97 Å². The number of amides is 1. The molecule has 1 heterocycles. The van der Waals surface area contributed by atoms with Crippen molar-refractivity contribution in [2.75, 3.05) is 5.32 Å². The van der Waals surface area contributed by atoms with Gasteiger partial charge in [-0.15, -0.1) is 11.8 Å². The van der Waals surface area contributed by atoms with Crippen LogP contribution in [0.25, 0.3) is 0 Å². The Morgan fingerprint density at radius 2 is 1.87 bits per heavy atom. The average molecular weight is 329 g/mol. The number of nitrogens with one attached hydrogen (secondary N) is 1. The van der Waals surface area contributed by atoms with E-state index in [9.17, 15) is 4.79 Å². The molecule has 23 heavy (non-hydrogen) atoms. The minimum absolute atomic E-state index is 0.0897. The summed E-state index contributed by atoms with van der Waals surface area (Å²) in [5, 5.41) is 2.52. The second kappa shape index (κ2) is 7.13. The lowest BCUT2D eigenvalue weighted by Crippen LogP contribution is -2.23.